The van der Waals surface area contributed by atoms with Gasteiger partial charge in [0.1, 0.15) is 0 Å². The minimum atomic E-state index is -3.15. The maximum atomic E-state index is 11.5. The van der Waals surface area contributed by atoms with Gasteiger partial charge >= 0.3 is 0 Å². The SMILES string of the molecule is CN=C(NCCc1ccc(S(C)(=O)=O)cc1)NCC1CN(CC(C)C)CCO1. The minimum absolute atomic E-state index is 0.162. The summed E-state index contributed by atoms with van der Waals surface area (Å²) in [5, 5.41) is 6.63. The molecule has 1 saturated heterocycles. The van der Waals surface area contributed by atoms with Crippen LogP contribution < -0.4 is 10.6 Å². The van der Waals surface area contributed by atoms with Gasteiger partial charge in [-0.3, -0.25) is 9.89 Å². The summed E-state index contributed by atoms with van der Waals surface area (Å²) in [6.07, 6.45) is 2.17. The van der Waals surface area contributed by atoms with E-state index in [0.29, 0.717) is 17.4 Å². The predicted octanol–water partition coefficient (Wildman–Crippen LogP) is 1.15. The zero-order chi connectivity index (χ0) is 20.6. The Balaban J connectivity index is 1.73. The molecule has 0 amide bonds. The number of rotatable bonds is 8. The smallest absolute Gasteiger partial charge is 0.191 e. The number of nitrogens with one attached hydrogen (secondary N) is 2. The third kappa shape index (κ3) is 7.77. The lowest BCUT2D eigenvalue weighted by atomic mass is 10.1. The maximum absolute atomic E-state index is 11.5. The number of morpholine rings is 1. The third-order valence-electron chi connectivity index (χ3n) is 4.62. The molecule has 1 aromatic carbocycles. The van der Waals surface area contributed by atoms with Crippen molar-refractivity contribution in [2.75, 3.05) is 52.6 Å². The fraction of sp³-hybridized carbons (Fsp3) is 0.650. The molecule has 1 aromatic rings. The average Bonchev–Trinajstić information content (AvgIpc) is 2.64. The number of sulfone groups is 1. The van der Waals surface area contributed by atoms with E-state index in [1.165, 1.54) is 6.26 Å². The molecule has 2 N–H and O–H groups in total. The maximum Gasteiger partial charge on any atom is 0.191 e. The first-order chi connectivity index (χ1) is 13.3. The number of hydrogen-bond donors (Lipinski definition) is 2. The molecule has 0 saturated carbocycles. The normalized spacial score (nSPS) is 19.0. The first-order valence-corrected chi connectivity index (χ1v) is 11.7. The van der Waals surface area contributed by atoms with Crippen LogP contribution in [0.3, 0.4) is 0 Å². The van der Waals surface area contributed by atoms with Crippen molar-refractivity contribution in [2.45, 2.75) is 31.3 Å². The molecule has 0 radical (unpaired) electrons. The lowest BCUT2D eigenvalue weighted by Gasteiger charge is -2.34. The Labute approximate surface area is 169 Å². The van der Waals surface area contributed by atoms with Crippen LogP contribution in [0.15, 0.2) is 34.2 Å². The van der Waals surface area contributed by atoms with Crippen molar-refractivity contribution in [3.05, 3.63) is 29.8 Å². The van der Waals surface area contributed by atoms with E-state index in [-0.39, 0.29) is 6.10 Å². The second-order valence-electron chi connectivity index (χ2n) is 7.69. The second-order valence-corrected chi connectivity index (χ2v) is 9.71. The lowest BCUT2D eigenvalue weighted by Crippen LogP contribution is -2.50. The Bertz CT molecular complexity index is 732. The number of hydrogen-bond acceptors (Lipinski definition) is 5. The Morgan fingerprint density at radius 2 is 2.00 bits per heavy atom. The van der Waals surface area contributed by atoms with E-state index < -0.39 is 9.84 Å². The van der Waals surface area contributed by atoms with E-state index in [4.69, 9.17) is 4.74 Å². The summed E-state index contributed by atoms with van der Waals surface area (Å²) in [5.74, 6) is 1.41. The van der Waals surface area contributed by atoms with Gasteiger partial charge in [0.2, 0.25) is 0 Å². The van der Waals surface area contributed by atoms with Crippen LogP contribution in [0, 0.1) is 5.92 Å². The van der Waals surface area contributed by atoms with Crippen molar-refractivity contribution in [3.63, 3.8) is 0 Å². The topological polar surface area (TPSA) is 83.0 Å². The Hall–Kier alpha value is -1.64. The molecule has 7 nitrogen and oxygen atoms in total. The summed E-state index contributed by atoms with van der Waals surface area (Å²) in [7, 11) is -1.39. The van der Waals surface area contributed by atoms with Crippen LogP contribution in [0.2, 0.25) is 0 Å². The quantitative estimate of drug-likeness (QED) is 0.494. The van der Waals surface area contributed by atoms with Crippen molar-refractivity contribution in [2.24, 2.45) is 10.9 Å². The Morgan fingerprint density at radius 1 is 1.29 bits per heavy atom. The van der Waals surface area contributed by atoms with Crippen LogP contribution in [-0.2, 0) is 21.0 Å². The molecular formula is C20H34N4O3S. The van der Waals surface area contributed by atoms with E-state index >= 15 is 0 Å². The Kier molecular flexibility index (Phi) is 8.72. The number of ether oxygens (including phenoxy) is 1. The van der Waals surface area contributed by atoms with Crippen molar-refractivity contribution in [1.82, 2.24) is 15.5 Å². The summed E-state index contributed by atoms with van der Waals surface area (Å²) >= 11 is 0. The summed E-state index contributed by atoms with van der Waals surface area (Å²) in [5.41, 5.74) is 1.08. The highest BCUT2D eigenvalue weighted by atomic mass is 32.2. The molecule has 28 heavy (non-hydrogen) atoms. The lowest BCUT2D eigenvalue weighted by molar-refractivity contribution is -0.0284. The third-order valence-corrected chi connectivity index (χ3v) is 5.75. The molecule has 1 aliphatic rings. The van der Waals surface area contributed by atoms with Gasteiger partial charge in [-0.1, -0.05) is 26.0 Å². The van der Waals surface area contributed by atoms with Gasteiger partial charge in [0, 0.05) is 46.0 Å². The molecule has 158 valence electrons. The first-order valence-electron chi connectivity index (χ1n) is 9.85. The molecule has 1 fully saturated rings. The van der Waals surface area contributed by atoms with Gasteiger partial charge in [0.25, 0.3) is 0 Å². The van der Waals surface area contributed by atoms with Crippen LogP contribution in [0.4, 0.5) is 0 Å². The molecule has 1 heterocycles. The zero-order valence-corrected chi connectivity index (χ0v) is 18.3. The number of nitrogens with zero attached hydrogens (tertiary/aromatic N) is 2. The molecule has 1 unspecified atom stereocenters. The average molecular weight is 411 g/mol. The predicted molar refractivity (Wildman–Crippen MR) is 114 cm³/mol. The highest BCUT2D eigenvalue weighted by Gasteiger charge is 2.21. The highest BCUT2D eigenvalue weighted by Crippen LogP contribution is 2.10. The van der Waals surface area contributed by atoms with Crippen LogP contribution in [0.5, 0.6) is 0 Å². The van der Waals surface area contributed by atoms with Crippen LogP contribution in [0.25, 0.3) is 0 Å². The van der Waals surface area contributed by atoms with Crippen LogP contribution >= 0.6 is 0 Å². The second kappa shape index (κ2) is 10.8. The van der Waals surface area contributed by atoms with Gasteiger partial charge in [0.05, 0.1) is 17.6 Å². The fourth-order valence-electron chi connectivity index (χ4n) is 3.25. The standard InChI is InChI=1S/C20H34N4O3S/c1-16(2)14-24-11-12-27-18(15-24)13-23-20(21-3)22-10-9-17-5-7-19(8-6-17)28(4,25)26/h5-8,16,18H,9-15H2,1-4H3,(H2,21,22,23). The summed E-state index contributed by atoms with van der Waals surface area (Å²) < 4.78 is 28.9. The largest absolute Gasteiger partial charge is 0.374 e. The van der Waals surface area contributed by atoms with Gasteiger partial charge in [0.15, 0.2) is 15.8 Å². The van der Waals surface area contributed by atoms with Gasteiger partial charge in [-0.05, 0) is 30.0 Å². The van der Waals surface area contributed by atoms with E-state index in [2.05, 4.69) is 34.4 Å². The number of aliphatic imine (C=N–C) groups is 1. The molecule has 1 aliphatic heterocycles. The fourth-order valence-corrected chi connectivity index (χ4v) is 3.88. The molecule has 0 bridgehead atoms. The van der Waals surface area contributed by atoms with Crippen molar-refractivity contribution < 1.29 is 13.2 Å². The van der Waals surface area contributed by atoms with Crippen LogP contribution in [-0.4, -0.2) is 78.0 Å². The molecule has 2 rings (SSSR count). The van der Waals surface area contributed by atoms with Gasteiger partial charge in [-0.25, -0.2) is 8.42 Å². The van der Waals surface area contributed by atoms with E-state index in [1.807, 2.05) is 12.1 Å². The molecule has 0 aliphatic carbocycles. The molecular weight excluding hydrogens is 376 g/mol. The van der Waals surface area contributed by atoms with E-state index in [0.717, 1.165) is 50.7 Å². The number of guanidine groups is 1. The van der Waals surface area contributed by atoms with Gasteiger partial charge in [-0.2, -0.15) is 0 Å². The van der Waals surface area contributed by atoms with Crippen molar-refractivity contribution in [3.8, 4) is 0 Å². The van der Waals surface area contributed by atoms with Crippen molar-refractivity contribution in [1.29, 1.82) is 0 Å². The van der Waals surface area contributed by atoms with Crippen LogP contribution in [0.1, 0.15) is 19.4 Å². The van der Waals surface area contributed by atoms with Gasteiger partial charge in [-0.15, -0.1) is 0 Å². The minimum Gasteiger partial charge on any atom is -0.374 e. The molecule has 0 aromatic heterocycles. The molecule has 8 heteroatoms. The summed E-state index contributed by atoms with van der Waals surface area (Å²) in [4.78, 5) is 7.07. The molecule has 1 atom stereocenters. The first kappa shape index (κ1) is 22.6. The van der Waals surface area contributed by atoms with E-state index in [1.54, 1.807) is 19.2 Å². The Morgan fingerprint density at radius 3 is 2.61 bits per heavy atom. The van der Waals surface area contributed by atoms with E-state index in [9.17, 15) is 8.42 Å². The monoisotopic (exact) mass is 410 g/mol. The number of benzene rings is 1. The summed E-state index contributed by atoms with van der Waals surface area (Å²) in [6.45, 7) is 9.72. The highest BCUT2D eigenvalue weighted by molar-refractivity contribution is 7.90. The zero-order valence-electron chi connectivity index (χ0n) is 17.4. The summed E-state index contributed by atoms with van der Waals surface area (Å²) in [6, 6.07) is 7.02. The molecule has 0 spiro atoms. The van der Waals surface area contributed by atoms with Gasteiger partial charge < -0.3 is 15.4 Å². The van der Waals surface area contributed by atoms with Crippen molar-refractivity contribution >= 4 is 15.8 Å².